The molecule has 0 radical (unpaired) electrons. The third-order valence-electron chi connectivity index (χ3n) is 1.44. The SMILES string of the molecule is COc1cc(O)cc(C=O)c1O. The summed E-state index contributed by atoms with van der Waals surface area (Å²) in [6.45, 7) is 0. The highest BCUT2D eigenvalue weighted by atomic mass is 16.5. The number of methoxy groups -OCH3 is 1. The quantitative estimate of drug-likeness (QED) is 0.509. The molecule has 0 aliphatic heterocycles. The molecule has 0 saturated heterocycles. The van der Waals surface area contributed by atoms with Gasteiger partial charge in [-0.3, -0.25) is 4.79 Å². The van der Waals surface area contributed by atoms with Crippen molar-refractivity contribution in [1.29, 1.82) is 0 Å². The smallest absolute Gasteiger partial charge is 0.168 e. The van der Waals surface area contributed by atoms with Crippen LogP contribution in [0.2, 0.25) is 0 Å². The van der Waals surface area contributed by atoms with E-state index in [9.17, 15) is 9.90 Å². The van der Waals surface area contributed by atoms with Gasteiger partial charge in [0.15, 0.2) is 17.8 Å². The molecule has 0 fully saturated rings. The zero-order chi connectivity index (χ0) is 9.14. The van der Waals surface area contributed by atoms with Crippen LogP contribution in [-0.4, -0.2) is 23.6 Å². The van der Waals surface area contributed by atoms with Crippen LogP contribution in [0.25, 0.3) is 0 Å². The number of ether oxygens (including phenoxy) is 1. The maximum Gasteiger partial charge on any atom is 0.168 e. The average molecular weight is 168 g/mol. The average Bonchev–Trinajstić information content (AvgIpc) is 2.08. The van der Waals surface area contributed by atoms with Gasteiger partial charge in [0, 0.05) is 6.07 Å². The van der Waals surface area contributed by atoms with Gasteiger partial charge in [-0.2, -0.15) is 0 Å². The number of aldehydes is 1. The van der Waals surface area contributed by atoms with Crippen LogP contribution < -0.4 is 4.74 Å². The van der Waals surface area contributed by atoms with Crippen molar-refractivity contribution in [3.63, 3.8) is 0 Å². The van der Waals surface area contributed by atoms with Crippen LogP contribution in [0, 0.1) is 0 Å². The van der Waals surface area contributed by atoms with Crippen molar-refractivity contribution in [3.05, 3.63) is 17.7 Å². The predicted octanol–water partition coefficient (Wildman–Crippen LogP) is 0.919. The molecular formula is C8H8O4. The van der Waals surface area contributed by atoms with Gasteiger partial charge >= 0.3 is 0 Å². The molecule has 2 N–H and O–H groups in total. The molecule has 0 aliphatic carbocycles. The zero-order valence-corrected chi connectivity index (χ0v) is 6.44. The van der Waals surface area contributed by atoms with E-state index in [4.69, 9.17) is 9.84 Å². The van der Waals surface area contributed by atoms with E-state index in [1.165, 1.54) is 13.2 Å². The van der Waals surface area contributed by atoms with E-state index in [2.05, 4.69) is 0 Å². The standard InChI is InChI=1S/C8H8O4/c1-12-7-3-6(10)2-5(4-9)8(7)11/h2-4,10-11H,1H3. The molecule has 0 bridgehead atoms. The van der Waals surface area contributed by atoms with Crippen LogP contribution in [0.15, 0.2) is 12.1 Å². The number of carbonyl (C=O) groups is 1. The Morgan fingerprint density at radius 2 is 2.08 bits per heavy atom. The first kappa shape index (κ1) is 8.39. The zero-order valence-electron chi connectivity index (χ0n) is 6.44. The molecule has 0 aliphatic rings. The molecule has 64 valence electrons. The van der Waals surface area contributed by atoms with Gasteiger partial charge in [0.2, 0.25) is 0 Å². The second-order valence-corrected chi connectivity index (χ2v) is 2.20. The lowest BCUT2D eigenvalue weighted by Crippen LogP contribution is -1.87. The maximum absolute atomic E-state index is 10.3. The molecule has 4 heteroatoms. The highest BCUT2D eigenvalue weighted by molar-refractivity contribution is 5.81. The summed E-state index contributed by atoms with van der Waals surface area (Å²) < 4.78 is 4.70. The van der Waals surface area contributed by atoms with Gasteiger partial charge in [-0.1, -0.05) is 0 Å². The fourth-order valence-electron chi connectivity index (χ4n) is 0.860. The van der Waals surface area contributed by atoms with Crippen molar-refractivity contribution in [2.75, 3.05) is 7.11 Å². The summed E-state index contributed by atoms with van der Waals surface area (Å²) >= 11 is 0. The first-order valence-corrected chi connectivity index (χ1v) is 3.24. The molecule has 1 aromatic rings. The molecule has 4 nitrogen and oxygen atoms in total. The van der Waals surface area contributed by atoms with Crippen LogP contribution >= 0.6 is 0 Å². The summed E-state index contributed by atoms with van der Waals surface area (Å²) in [6.07, 6.45) is 0.442. The Balaban J connectivity index is 3.31. The monoisotopic (exact) mass is 168 g/mol. The summed E-state index contributed by atoms with van der Waals surface area (Å²) in [4.78, 5) is 10.3. The lowest BCUT2D eigenvalue weighted by molar-refractivity contribution is 0.112. The van der Waals surface area contributed by atoms with Crippen molar-refractivity contribution in [3.8, 4) is 17.2 Å². The summed E-state index contributed by atoms with van der Waals surface area (Å²) in [7, 11) is 1.34. The fraction of sp³-hybridized carbons (Fsp3) is 0.125. The van der Waals surface area contributed by atoms with E-state index in [1.54, 1.807) is 0 Å². The Morgan fingerprint density at radius 1 is 1.42 bits per heavy atom. The topological polar surface area (TPSA) is 66.8 Å². The highest BCUT2D eigenvalue weighted by Crippen LogP contribution is 2.32. The number of carbonyl (C=O) groups excluding carboxylic acids is 1. The van der Waals surface area contributed by atoms with E-state index in [0.717, 1.165) is 6.07 Å². The molecule has 0 saturated carbocycles. The number of benzene rings is 1. The highest BCUT2D eigenvalue weighted by Gasteiger charge is 2.08. The van der Waals surface area contributed by atoms with Crippen molar-refractivity contribution in [2.24, 2.45) is 0 Å². The van der Waals surface area contributed by atoms with E-state index in [0.29, 0.717) is 6.29 Å². The van der Waals surface area contributed by atoms with Crippen LogP contribution in [0.5, 0.6) is 17.2 Å². The second kappa shape index (κ2) is 3.13. The maximum atomic E-state index is 10.3. The number of phenols is 2. The van der Waals surface area contributed by atoms with Crippen molar-refractivity contribution < 1.29 is 19.7 Å². The van der Waals surface area contributed by atoms with E-state index < -0.39 is 0 Å². The Kier molecular flexibility index (Phi) is 2.19. The first-order chi connectivity index (χ1) is 5.69. The predicted molar refractivity (Wildman–Crippen MR) is 41.7 cm³/mol. The van der Waals surface area contributed by atoms with E-state index in [-0.39, 0.29) is 22.8 Å². The van der Waals surface area contributed by atoms with Gasteiger partial charge in [0.25, 0.3) is 0 Å². The largest absolute Gasteiger partial charge is 0.508 e. The number of rotatable bonds is 2. The molecule has 0 unspecified atom stereocenters. The molecule has 0 heterocycles. The van der Waals surface area contributed by atoms with Gasteiger partial charge < -0.3 is 14.9 Å². The van der Waals surface area contributed by atoms with Gasteiger partial charge in [-0.25, -0.2) is 0 Å². The lowest BCUT2D eigenvalue weighted by Gasteiger charge is -2.04. The first-order valence-electron chi connectivity index (χ1n) is 3.24. The fourth-order valence-corrected chi connectivity index (χ4v) is 0.860. The minimum atomic E-state index is -0.259. The number of aromatic hydroxyl groups is 2. The molecule has 1 aromatic carbocycles. The van der Waals surface area contributed by atoms with E-state index in [1.807, 2.05) is 0 Å². The minimum absolute atomic E-state index is 0.00634. The number of hydrogen-bond donors (Lipinski definition) is 2. The van der Waals surface area contributed by atoms with Crippen molar-refractivity contribution in [2.45, 2.75) is 0 Å². The van der Waals surface area contributed by atoms with E-state index >= 15 is 0 Å². The minimum Gasteiger partial charge on any atom is -0.508 e. The van der Waals surface area contributed by atoms with Gasteiger partial charge in [-0.15, -0.1) is 0 Å². The lowest BCUT2D eigenvalue weighted by atomic mass is 10.2. The normalized spacial score (nSPS) is 9.42. The molecular weight excluding hydrogens is 160 g/mol. The summed E-state index contributed by atoms with van der Waals surface area (Å²) in [5.74, 6) is -0.297. The molecule has 0 spiro atoms. The van der Waals surface area contributed by atoms with Crippen LogP contribution in [-0.2, 0) is 0 Å². The Bertz CT molecular complexity index is 306. The third kappa shape index (κ3) is 1.32. The van der Waals surface area contributed by atoms with Crippen LogP contribution in [0.1, 0.15) is 10.4 Å². The third-order valence-corrected chi connectivity index (χ3v) is 1.44. The second-order valence-electron chi connectivity index (χ2n) is 2.20. The Hall–Kier alpha value is -1.71. The molecule has 0 aromatic heterocycles. The molecule has 0 atom stereocenters. The number of phenolic OH excluding ortho intramolecular Hbond substituents is 2. The van der Waals surface area contributed by atoms with Crippen molar-refractivity contribution in [1.82, 2.24) is 0 Å². The van der Waals surface area contributed by atoms with Gasteiger partial charge in [0.05, 0.1) is 12.7 Å². The van der Waals surface area contributed by atoms with Gasteiger partial charge in [-0.05, 0) is 6.07 Å². The van der Waals surface area contributed by atoms with Crippen LogP contribution in [0.4, 0.5) is 0 Å². The molecule has 0 amide bonds. The summed E-state index contributed by atoms with van der Waals surface area (Å²) in [5.41, 5.74) is 0.00634. The van der Waals surface area contributed by atoms with Crippen molar-refractivity contribution >= 4 is 6.29 Å². The Labute approximate surface area is 69.0 Å². The van der Waals surface area contributed by atoms with Gasteiger partial charge in [0.1, 0.15) is 5.75 Å². The molecule has 12 heavy (non-hydrogen) atoms. The summed E-state index contributed by atoms with van der Waals surface area (Å²) in [5, 5.41) is 18.3. The van der Waals surface area contributed by atoms with Crippen LogP contribution in [0.3, 0.4) is 0 Å². The summed E-state index contributed by atoms with van der Waals surface area (Å²) in [6, 6.07) is 2.38. The number of hydrogen-bond acceptors (Lipinski definition) is 4. The Morgan fingerprint density at radius 3 is 2.58 bits per heavy atom. The molecule has 1 rings (SSSR count).